The second-order valence-corrected chi connectivity index (χ2v) is 3.20. The third-order valence-electron chi connectivity index (χ3n) is 1.04. The molecule has 62 valence electrons. The Morgan fingerprint density at radius 1 is 1.83 bits per heavy atom. The van der Waals surface area contributed by atoms with Crippen LogP contribution < -0.4 is 0 Å². The summed E-state index contributed by atoms with van der Waals surface area (Å²) in [5, 5.41) is 6.18. The van der Waals surface area contributed by atoms with Crippen molar-refractivity contribution in [3.8, 4) is 12.3 Å². The Hall–Kier alpha value is -0.980. The number of halogens is 1. The lowest BCUT2D eigenvalue weighted by molar-refractivity contribution is 0.182. The van der Waals surface area contributed by atoms with E-state index in [1.54, 1.807) is 12.3 Å². The minimum Gasteiger partial charge on any atom is -0.383 e. The summed E-state index contributed by atoms with van der Waals surface area (Å²) in [7, 11) is 0. The molecule has 0 aliphatic carbocycles. The lowest BCUT2D eigenvalue weighted by atomic mass is 10.5. The molecule has 0 saturated heterocycles. The van der Waals surface area contributed by atoms with Gasteiger partial charge in [-0.05, 0) is 11.4 Å². The highest BCUT2D eigenvalue weighted by Gasteiger charge is 1.96. The summed E-state index contributed by atoms with van der Waals surface area (Å²) in [6, 6.07) is 1.80. The Balaban J connectivity index is 2.47. The quantitative estimate of drug-likeness (QED) is 0.317. The molecule has 0 amide bonds. The van der Waals surface area contributed by atoms with Crippen molar-refractivity contribution in [2.24, 2.45) is 5.16 Å². The molecule has 0 unspecified atom stereocenters. The van der Waals surface area contributed by atoms with Crippen molar-refractivity contribution in [2.75, 3.05) is 6.61 Å². The van der Waals surface area contributed by atoms with E-state index in [0.717, 1.165) is 4.88 Å². The number of hydrogen-bond donors (Lipinski definition) is 0. The first-order chi connectivity index (χ1) is 5.84. The van der Waals surface area contributed by atoms with E-state index in [1.807, 2.05) is 5.38 Å². The molecule has 0 saturated carbocycles. The van der Waals surface area contributed by atoms with Crippen molar-refractivity contribution in [1.82, 2.24) is 0 Å². The normalized spacial score (nSPS) is 10.0. The van der Waals surface area contributed by atoms with Crippen LogP contribution in [0.1, 0.15) is 4.88 Å². The third-order valence-corrected chi connectivity index (χ3v) is 2.33. The molecule has 0 aliphatic rings. The molecule has 4 heteroatoms. The van der Waals surface area contributed by atoms with Crippen LogP contribution in [-0.4, -0.2) is 12.8 Å². The molecule has 0 bridgehead atoms. The van der Waals surface area contributed by atoms with E-state index in [9.17, 15) is 0 Å². The van der Waals surface area contributed by atoms with E-state index in [4.69, 9.17) is 22.9 Å². The van der Waals surface area contributed by atoms with E-state index in [-0.39, 0.29) is 6.61 Å². The number of nitrogens with zero attached hydrogens (tertiary/aromatic N) is 1. The van der Waals surface area contributed by atoms with Gasteiger partial charge in [-0.3, -0.25) is 0 Å². The maximum Gasteiger partial charge on any atom is 0.177 e. The zero-order chi connectivity index (χ0) is 8.81. The number of oxime groups is 1. The Morgan fingerprint density at radius 2 is 2.67 bits per heavy atom. The van der Waals surface area contributed by atoms with Gasteiger partial charge in [0.25, 0.3) is 0 Å². The molecule has 0 spiro atoms. The molecule has 1 aromatic rings. The van der Waals surface area contributed by atoms with Crippen LogP contribution in [-0.2, 0) is 4.84 Å². The summed E-state index contributed by atoms with van der Waals surface area (Å²) in [6.45, 7) is 0.180. The van der Waals surface area contributed by atoms with E-state index >= 15 is 0 Å². The molecule has 1 rings (SSSR count). The highest BCUT2D eigenvalue weighted by Crippen LogP contribution is 2.19. The SMILES string of the molecule is C#CCO/N=C/c1sccc1Cl. The smallest absolute Gasteiger partial charge is 0.177 e. The van der Waals surface area contributed by atoms with Gasteiger partial charge in [-0.2, -0.15) is 0 Å². The predicted molar refractivity (Wildman–Crippen MR) is 51.7 cm³/mol. The minimum absolute atomic E-state index is 0.180. The molecule has 0 aromatic carbocycles. The van der Waals surface area contributed by atoms with Gasteiger partial charge in [0.2, 0.25) is 0 Å². The third kappa shape index (κ3) is 2.57. The van der Waals surface area contributed by atoms with Crippen molar-refractivity contribution in [3.05, 3.63) is 21.3 Å². The molecule has 2 nitrogen and oxygen atoms in total. The summed E-state index contributed by atoms with van der Waals surface area (Å²) in [5.74, 6) is 2.30. The lowest BCUT2D eigenvalue weighted by Crippen LogP contribution is -1.82. The average Bonchev–Trinajstić information content (AvgIpc) is 2.46. The van der Waals surface area contributed by atoms with Gasteiger partial charge in [-0.1, -0.05) is 22.7 Å². The van der Waals surface area contributed by atoms with Crippen LogP contribution in [0.15, 0.2) is 16.6 Å². The Bertz CT molecular complexity index is 313. The van der Waals surface area contributed by atoms with Gasteiger partial charge in [0.15, 0.2) is 6.61 Å². The van der Waals surface area contributed by atoms with Crippen LogP contribution in [0.5, 0.6) is 0 Å². The van der Waals surface area contributed by atoms with Gasteiger partial charge in [-0.15, -0.1) is 17.8 Å². The summed E-state index contributed by atoms with van der Waals surface area (Å²) in [4.78, 5) is 5.56. The summed E-state index contributed by atoms with van der Waals surface area (Å²) in [6.07, 6.45) is 6.49. The van der Waals surface area contributed by atoms with Crippen LogP contribution in [0.25, 0.3) is 0 Å². The van der Waals surface area contributed by atoms with Gasteiger partial charge in [-0.25, -0.2) is 0 Å². The molecule has 12 heavy (non-hydrogen) atoms. The Labute approximate surface area is 79.8 Å². The standard InChI is InChI=1S/C8H6ClNOS/c1-2-4-11-10-6-8-7(9)3-5-12-8/h1,3,5-6H,4H2/b10-6+. The largest absolute Gasteiger partial charge is 0.383 e. The zero-order valence-corrected chi connectivity index (χ0v) is 7.73. The van der Waals surface area contributed by atoms with E-state index < -0.39 is 0 Å². The van der Waals surface area contributed by atoms with Crippen molar-refractivity contribution in [3.63, 3.8) is 0 Å². The van der Waals surface area contributed by atoms with Gasteiger partial charge < -0.3 is 4.84 Å². The second-order valence-electron chi connectivity index (χ2n) is 1.84. The first-order valence-corrected chi connectivity index (χ1v) is 4.42. The number of terminal acetylenes is 1. The molecular formula is C8H6ClNOS. The first-order valence-electron chi connectivity index (χ1n) is 3.16. The monoisotopic (exact) mass is 199 g/mol. The van der Waals surface area contributed by atoms with Gasteiger partial charge in [0, 0.05) is 0 Å². The fourth-order valence-electron chi connectivity index (χ4n) is 0.557. The predicted octanol–water partition coefficient (Wildman–Crippen LogP) is 2.39. The molecular weight excluding hydrogens is 194 g/mol. The highest BCUT2D eigenvalue weighted by atomic mass is 35.5. The molecule has 0 N–H and O–H groups in total. The minimum atomic E-state index is 0.180. The van der Waals surface area contributed by atoms with Crippen molar-refractivity contribution in [1.29, 1.82) is 0 Å². The highest BCUT2D eigenvalue weighted by molar-refractivity contribution is 7.12. The lowest BCUT2D eigenvalue weighted by Gasteiger charge is -1.89. The Morgan fingerprint density at radius 3 is 3.25 bits per heavy atom. The number of rotatable bonds is 3. The summed E-state index contributed by atoms with van der Waals surface area (Å²) in [5.41, 5.74) is 0. The summed E-state index contributed by atoms with van der Waals surface area (Å²) >= 11 is 7.27. The fraction of sp³-hybridized carbons (Fsp3) is 0.125. The van der Waals surface area contributed by atoms with E-state index in [2.05, 4.69) is 11.1 Å². The van der Waals surface area contributed by atoms with Crippen LogP contribution in [0.2, 0.25) is 5.02 Å². The van der Waals surface area contributed by atoms with Crippen LogP contribution in [0, 0.1) is 12.3 Å². The molecule has 1 aromatic heterocycles. The Kier molecular flexibility index (Phi) is 3.65. The molecule has 0 atom stereocenters. The molecule has 1 heterocycles. The van der Waals surface area contributed by atoms with E-state index in [0.29, 0.717) is 5.02 Å². The maximum absolute atomic E-state index is 5.78. The van der Waals surface area contributed by atoms with Crippen LogP contribution in [0.4, 0.5) is 0 Å². The maximum atomic E-state index is 5.78. The van der Waals surface area contributed by atoms with E-state index in [1.165, 1.54) is 11.3 Å². The topological polar surface area (TPSA) is 21.6 Å². The van der Waals surface area contributed by atoms with Gasteiger partial charge in [0.1, 0.15) is 0 Å². The van der Waals surface area contributed by atoms with Gasteiger partial charge >= 0.3 is 0 Å². The average molecular weight is 200 g/mol. The zero-order valence-electron chi connectivity index (χ0n) is 6.16. The number of hydrogen-bond acceptors (Lipinski definition) is 3. The molecule has 0 aliphatic heterocycles. The van der Waals surface area contributed by atoms with Gasteiger partial charge in [0.05, 0.1) is 16.1 Å². The molecule has 0 radical (unpaired) electrons. The van der Waals surface area contributed by atoms with Crippen molar-refractivity contribution < 1.29 is 4.84 Å². The van der Waals surface area contributed by atoms with Crippen molar-refractivity contribution >= 4 is 29.2 Å². The number of thiophene rings is 1. The molecule has 0 fully saturated rings. The second kappa shape index (κ2) is 4.81. The fourth-order valence-corrected chi connectivity index (χ4v) is 1.51. The van der Waals surface area contributed by atoms with Crippen LogP contribution >= 0.6 is 22.9 Å². The summed E-state index contributed by atoms with van der Waals surface area (Å²) < 4.78 is 0. The van der Waals surface area contributed by atoms with Crippen molar-refractivity contribution in [2.45, 2.75) is 0 Å². The first kappa shape index (κ1) is 9.11. The van der Waals surface area contributed by atoms with Crippen LogP contribution in [0.3, 0.4) is 0 Å².